The first-order valence-electron chi connectivity index (χ1n) is 8.74. The molecule has 1 aromatic heterocycles. The molecule has 0 radical (unpaired) electrons. The first kappa shape index (κ1) is 16.4. The van der Waals surface area contributed by atoms with Crippen LogP contribution in [0, 0.1) is 0 Å². The second kappa shape index (κ2) is 7.90. The fourth-order valence-corrected chi connectivity index (χ4v) is 4.41. The van der Waals surface area contributed by atoms with Gasteiger partial charge in [-0.25, -0.2) is 4.98 Å². The molecule has 0 atom stereocenters. The predicted octanol–water partition coefficient (Wildman–Crippen LogP) is 2.08. The second-order valence-electron chi connectivity index (χ2n) is 6.41. The maximum Gasteiger partial charge on any atom is 0.239 e. The molecule has 2 heterocycles. The minimum atomic E-state index is -0.0541. The number of hydrogen-bond acceptors (Lipinski definition) is 4. The van der Waals surface area contributed by atoms with Crippen LogP contribution in [-0.4, -0.2) is 41.3 Å². The first-order valence-corrected chi connectivity index (χ1v) is 9.56. The van der Waals surface area contributed by atoms with Crippen molar-refractivity contribution in [3.8, 4) is 0 Å². The molecular formula is C17H25N3O2S. The Morgan fingerprint density at radius 3 is 2.83 bits per heavy atom. The molecule has 6 heteroatoms. The molecule has 2 aliphatic rings. The number of rotatable bonds is 5. The highest BCUT2D eigenvalue weighted by atomic mass is 32.1. The maximum atomic E-state index is 12.0. The van der Waals surface area contributed by atoms with Crippen LogP contribution < -0.4 is 5.32 Å². The molecule has 3 rings (SSSR count). The number of carbonyl (C=O) groups excluding carboxylic acids is 2. The van der Waals surface area contributed by atoms with Crippen molar-refractivity contribution in [2.45, 2.75) is 57.8 Å². The average Bonchev–Trinajstić information content (AvgIpc) is 2.85. The van der Waals surface area contributed by atoms with Gasteiger partial charge >= 0.3 is 0 Å². The van der Waals surface area contributed by atoms with Gasteiger partial charge in [0.2, 0.25) is 11.8 Å². The molecule has 0 saturated carbocycles. The Morgan fingerprint density at radius 1 is 1.13 bits per heavy atom. The van der Waals surface area contributed by atoms with E-state index in [0.717, 1.165) is 43.5 Å². The molecule has 23 heavy (non-hydrogen) atoms. The lowest BCUT2D eigenvalue weighted by molar-refractivity contribution is -0.135. The van der Waals surface area contributed by atoms with E-state index in [-0.39, 0.29) is 18.4 Å². The normalized spacial score (nSPS) is 18.4. The Kier molecular flexibility index (Phi) is 5.65. The number of fused-ring (bicyclic) bond motifs is 1. The van der Waals surface area contributed by atoms with E-state index in [4.69, 9.17) is 4.98 Å². The van der Waals surface area contributed by atoms with Gasteiger partial charge in [0, 0.05) is 30.8 Å². The van der Waals surface area contributed by atoms with Gasteiger partial charge in [-0.05, 0) is 38.5 Å². The number of nitrogens with zero attached hydrogens (tertiary/aromatic N) is 2. The quantitative estimate of drug-likeness (QED) is 0.896. The summed E-state index contributed by atoms with van der Waals surface area (Å²) in [5.41, 5.74) is 1.28. The van der Waals surface area contributed by atoms with Crippen LogP contribution in [0.15, 0.2) is 0 Å². The van der Waals surface area contributed by atoms with E-state index in [2.05, 4.69) is 5.32 Å². The summed E-state index contributed by atoms with van der Waals surface area (Å²) in [4.78, 5) is 31.8. The first-order chi connectivity index (χ1) is 11.2. The van der Waals surface area contributed by atoms with E-state index in [1.807, 2.05) is 0 Å². The van der Waals surface area contributed by atoms with Crippen LogP contribution in [0.3, 0.4) is 0 Å². The molecular weight excluding hydrogens is 310 g/mol. The smallest absolute Gasteiger partial charge is 0.239 e. The molecule has 1 fully saturated rings. The second-order valence-corrected chi connectivity index (χ2v) is 7.58. The number of likely N-dealkylation sites (tertiary alicyclic amines) is 1. The standard InChI is InChI=1S/C17H25N3O2S/c21-15(12-20-11-5-1-2-8-17(20)22)18-10-9-16-19-13-6-3-4-7-14(13)23-16/h1-12H2,(H,18,21). The summed E-state index contributed by atoms with van der Waals surface area (Å²) in [6, 6.07) is 0. The summed E-state index contributed by atoms with van der Waals surface area (Å²) in [6.07, 6.45) is 9.20. The fourth-order valence-electron chi connectivity index (χ4n) is 3.26. The van der Waals surface area contributed by atoms with Crippen molar-refractivity contribution in [2.24, 2.45) is 0 Å². The molecule has 0 unspecified atom stereocenters. The number of carbonyl (C=O) groups is 2. The van der Waals surface area contributed by atoms with Crippen molar-refractivity contribution in [3.05, 3.63) is 15.6 Å². The van der Waals surface area contributed by atoms with E-state index in [0.29, 0.717) is 19.5 Å². The average molecular weight is 335 g/mol. The molecule has 0 aromatic carbocycles. The fraction of sp³-hybridized carbons (Fsp3) is 0.706. The highest BCUT2D eigenvalue weighted by Gasteiger charge is 2.19. The summed E-state index contributed by atoms with van der Waals surface area (Å²) in [5.74, 6) is 0.0619. The number of hydrogen-bond donors (Lipinski definition) is 1. The van der Waals surface area contributed by atoms with Crippen LogP contribution in [0.25, 0.3) is 0 Å². The lowest BCUT2D eigenvalue weighted by Gasteiger charge is -2.19. The van der Waals surface area contributed by atoms with Crippen LogP contribution in [0.4, 0.5) is 0 Å². The number of aromatic nitrogens is 1. The van der Waals surface area contributed by atoms with E-state index in [9.17, 15) is 9.59 Å². The van der Waals surface area contributed by atoms with Crippen molar-refractivity contribution in [1.29, 1.82) is 0 Å². The number of aryl methyl sites for hydroxylation is 2. The number of thiazole rings is 1. The Labute approximate surface area is 141 Å². The van der Waals surface area contributed by atoms with Crippen LogP contribution in [0.5, 0.6) is 0 Å². The van der Waals surface area contributed by atoms with Crippen molar-refractivity contribution in [3.63, 3.8) is 0 Å². The molecule has 1 aliphatic carbocycles. The Balaban J connectivity index is 1.42. The Hall–Kier alpha value is -1.43. The van der Waals surface area contributed by atoms with E-state index < -0.39 is 0 Å². The molecule has 1 aliphatic heterocycles. The van der Waals surface area contributed by atoms with Gasteiger partial charge in [0.15, 0.2) is 0 Å². The molecule has 0 spiro atoms. The SMILES string of the molecule is O=C(CN1CCCCCC1=O)NCCc1nc2c(s1)CCCC2. The van der Waals surface area contributed by atoms with Crippen molar-refractivity contribution in [2.75, 3.05) is 19.6 Å². The van der Waals surface area contributed by atoms with E-state index in [1.54, 1.807) is 16.2 Å². The van der Waals surface area contributed by atoms with Gasteiger partial charge in [0.05, 0.1) is 17.2 Å². The van der Waals surface area contributed by atoms with Crippen molar-refractivity contribution >= 4 is 23.2 Å². The monoisotopic (exact) mass is 335 g/mol. The minimum absolute atomic E-state index is 0.0541. The summed E-state index contributed by atoms with van der Waals surface area (Å²) >= 11 is 1.80. The van der Waals surface area contributed by atoms with Crippen molar-refractivity contribution in [1.82, 2.24) is 15.2 Å². The zero-order valence-corrected chi connectivity index (χ0v) is 14.4. The van der Waals surface area contributed by atoms with Gasteiger partial charge in [-0.15, -0.1) is 11.3 Å². The van der Waals surface area contributed by atoms with Gasteiger partial charge in [-0.1, -0.05) is 6.42 Å². The minimum Gasteiger partial charge on any atom is -0.354 e. The molecule has 5 nitrogen and oxygen atoms in total. The summed E-state index contributed by atoms with van der Waals surface area (Å²) < 4.78 is 0. The maximum absolute atomic E-state index is 12.0. The Morgan fingerprint density at radius 2 is 1.96 bits per heavy atom. The van der Waals surface area contributed by atoms with Gasteiger partial charge in [-0.3, -0.25) is 9.59 Å². The molecule has 0 bridgehead atoms. The van der Waals surface area contributed by atoms with Gasteiger partial charge in [0.25, 0.3) is 0 Å². The molecule has 2 amide bonds. The van der Waals surface area contributed by atoms with Gasteiger partial charge in [-0.2, -0.15) is 0 Å². The largest absolute Gasteiger partial charge is 0.354 e. The zero-order valence-electron chi connectivity index (χ0n) is 13.6. The summed E-state index contributed by atoms with van der Waals surface area (Å²) in [7, 11) is 0. The van der Waals surface area contributed by atoms with E-state index >= 15 is 0 Å². The topological polar surface area (TPSA) is 62.3 Å². The van der Waals surface area contributed by atoms with Gasteiger partial charge < -0.3 is 10.2 Å². The predicted molar refractivity (Wildman–Crippen MR) is 90.5 cm³/mol. The number of nitrogens with one attached hydrogen (secondary N) is 1. The molecule has 1 saturated heterocycles. The third kappa shape index (κ3) is 4.53. The molecule has 126 valence electrons. The summed E-state index contributed by atoms with van der Waals surface area (Å²) in [5, 5.41) is 4.06. The van der Waals surface area contributed by atoms with Crippen LogP contribution in [-0.2, 0) is 28.9 Å². The lowest BCUT2D eigenvalue weighted by Crippen LogP contribution is -2.41. The molecule has 1 N–H and O–H groups in total. The highest BCUT2D eigenvalue weighted by molar-refractivity contribution is 7.11. The lowest BCUT2D eigenvalue weighted by atomic mass is 10.0. The van der Waals surface area contributed by atoms with Crippen LogP contribution in [0.1, 0.15) is 54.1 Å². The zero-order chi connectivity index (χ0) is 16.1. The number of amides is 2. The van der Waals surface area contributed by atoms with Gasteiger partial charge in [0.1, 0.15) is 0 Å². The van der Waals surface area contributed by atoms with Crippen molar-refractivity contribution < 1.29 is 9.59 Å². The summed E-state index contributed by atoms with van der Waals surface area (Å²) in [6.45, 7) is 1.52. The van der Waals surface area contributed by atoms with Crippen LogP contribution in [0.2, 0.25) is 0 Å². The Bertz CT molecular complexity index is 547. The van der Waals surface area contributed by atoms with E-state index in [1.165, 1.54) is 23.4 Å². The molecule has 1 aromatic rings. The third-order valence-corrected chi connectivity index (χ3v) is 5.77. The van der Waals surface area contributed by atoms with Crippen LogP contribution >= 0.6 is 11.3 Å². The third-order valence-electron chi connectivity index (χ3n) is 4.56. The highest BCUT2D eigenvalue weighted by Crippen LogP contribution is 2.26.